The van der Waals surface area contributed by atoms with Crippen LogP contribution in [0, 0.1) is 5.92 Å². The van der Waals surface area contributed by atoms with Crippen LogP contribution in [-0.4, -0.2) is 30.6 Å². The number of nitrogens with zero attached hydrogens (tertiary/aromatic N) is 1. The third kappa shape index (κ3) is 2.91. The standard InChI is InChI=1S/C18H28N2/c1-3-11-19-18-16-8-6-5-7-15(16)12-17(18)20(4-2)13-14-9-10-14/h5-8,14,17-19H,3-4,9-13H2,1-2H3. The summed E-state index contributed by atoms with van der Waals surface area (Å²) in [5, 5.41) is 3.80. The minimum Gasteiger partial charge on any atom is -0.309 e. The maximum absolute atomic E-state index is 3.80. The molecule has 20 heavy (non-hydrogen) atoms. The van der Waals surface area contributed by atoms with E-state index in [-0.39, 0.29) is 0 Å². The van der Waals surface area contributed by atoms with Gasteiger partial charge in [-0.3, -0.25) is 4.90 Å². The summed E-state index contributed by atoms with van der Waals surface area (Å²) in [4.78, 5) is 2.73. The van der Waals surface area contributed by atoms with Crippen LogP contribution < -0.4 is 5.32 Å². The molecule has 2 atom stereocenters. The number of nitrogens with one attached hydrogen (secondary N) is 1. The average Bonchev–Trinajstić information content (AvgIpc) is 3.22. The first-order valence-electron chi connectivity index (χ1n) is 8.38. The first-order chi connectivity index (χ1) is 9.83. The second kappa shape index (κ2) is 6.28. The molecular formula is C18H28N2. The molecule has 2 unspecified atom stereocenters. The van der Waals surface area contributed by atoms with Gasteiger partial charge in [-0.05, 0) is 55.8 Å². The molecule has 1 aromatic carbocycles. The van der Waals surface area contributed by atoms with E-state index in [2.05, 4.69) is 48.3 Å². The smallest absolute Gasteiger partial charge is 0.0484 e. The minimum absolute atomic E-state index is 0.532. The molecule has 0 spiro atoms. The van der Waals surface area contributed by atoms with Crippen molar-refractivity contribution in [3.05, 3.63) is 35.4 Å². The van der Waals surface area contributed by atoms with Crippen LogP contribution in [0.4, 0.5) is 0 Å². The first-order valence-corrected chi connectivity index (χ1v) is 8.38. The fourth-order valence-corrected chi connectivity index (χ4v) is 3.59. The molecule has 2 aliphatic carbocycles. The maximum Gasteiger partial charge on any atom is 0.0484 e. The van der Waals surface area contributed by atoms with Crippen molar-refractivity contribution in [3.8, 4) is 0 Å². The number of rotatable bonds is 7. The van der Waals surface area contributed by atoms with E-state index in [0.717, 1.165) is 12.5 Å². The molecule has 1 aromatic rings. The molecule has 0 aliphatic heterocycles. The highest BCUT2D eigenvalue weighted by Crippen LogP contribution is 2.37. The van der Waals surface area contributed by atoms with Gasteiger partial charge in [0.2, 0.25) is 0 Å². The lowest BCUT2D eigenvalue weighted by molar-refractivity contribution is 0.167. The molecule has 3 rings (SSSR count). The molecule has 0 amide bonds. The van der Waals surface area contributed by atoms with Gasteiger partial charge in [-0.2, -0.15) is 0 Å². The normalized spacial score (nSPS) is 25.1. The van der Waals surface area contributed by atoms with Gasteiger partial charge in [-0.15, -0.1) is 0 Å². The van der Waals surface area contributed by atoms with Crippen molar-refractivity contribution in [2.75, 3.05) is 19.6 Å². The van der Waals surface area contributed by atoms with E-state index in [0.29, 0.717) is 12.1 Å². The molecule has 1 fully saturated rings. The molecule has 0 aromatic heterocycles. The van der Waals surface area contributed by atoms with Crippen LogP contribution in [-0.2, 0) is 6.42 Å². The highest BCUT2D eigenvalue weighted by atomic mass is 15.2. The first kappa shape index (κ1) is 14.1. The average molecular weight is 272 g/mol. The van der Waals surface area contributed by atoms with Gasteiger partial charge in [0.25, 0.3) is 0 Å². The maximum atomic E-state index is 3.80. The summed E-state index contributed by atoms with van der Waals surface area (Å²) in [6, 6.07) is 10.2. The monoisotopic (exact) mass is 272 g/mol. The van der Waals surface area contributed by atoms with Crippen LogP contribution in [0.5, 0.6) is 0 Å². The molecule has 0 heterocycles. The quantitative estimate of drug-likeness (QED) is 0.818. The van der Waals surface area contributed by atoms with Crippen molar-refractivity contribution in [2.24, 2.45) is 5.92 Å². The molecule has 0 bridgehead atoms. The largest absolute Gasteiger partial charge is 0.309 e. The van der Waals surface area contributed by atoms with Crippen molar-refractivity contribution in [1.82, 2.24) is 10.2 Å². The Balaban J connectivity index is 1.78. The zero-order valence-electron chi connectivity index (χ0n) is 12.9. The fourth-order valence-electron chi connectivity index (χ4n) is 3.59. The highest BCUT2D eigenvalue weighted by Gasteiger charge is 2.37. The molecule has 1 saturated carbocycles. The Labute approximate surface area is 123 Å². The van der Waals surface area contributed by atoms with E-state index in [9.17, 15) is 0 Å². The second-order valence-corrected chi connectivity index (χ2v) is 6.43. The summed E-state index contributed by atoms with van der Waals surface area (Å²) in [7, 11) is 0. The van der Waals surface area contributed by atoms with Gasteiger partial charge in [0.05, 0.1) is 0 Å². The topological polar surface area (TPSA) is 15.3 Å². The van der Waals surface area contributed by atoms with Gasteiger partial charge < -0.3 is 5.32 Å². The molecule has 1 N–H and O–H groups in total. The Kier molecular flexibility index (Phi) is 4.42. The van der Waals surface area contributed by atoms with E-state index in [1.807, 2.05) is 0 Å². The van der Waals surface area contributed by atoms with E-state index < -0.39 is 0 Å². The summed E-state index contributed by atoms with van der Waals surface area (Å²) in [5.41, 5.74) is 3.10. The van der Waals surface area contributed by atoms with Crippen molar-refractivity contribution < 1.29 is 0 Å². The Morgan fingerprint density at radius 3 is 2.70 bits per heavy atom. The van der Waals surface area contributed by atoms with Gasteiger partial charge in [0.15, 0.2) is 0 Å². The third-order valence-corrected chi connectivity index (χ3v) is 4.88. The van der Waals surface area contributed by atoms with Crippen molar-refractivity contribution in [3.63, 3.8) is 0 Å². The van der Waals surface area contributed by atoms with Gasteiger partial charge >= 0.3 is 0 Å². The molecule has 110 valence electrons. The van der Waals surface area contributed by atoms with E-state index in [1.165, 1.54) is 38.8 Å². The molecule has 0 radical (unpaired) electrons. The number of fused-ring (bicyclic) bond motifs is 1. The number of benzene rings is 1. The summed E-state index contributed by atoms with van der Waals surface area (Å²) >= 11 is 0. The van der Waals surface area contributed by atoms with Crippen LogP contribution in [0.1, 0.15) is 50.3 Å². The van der Waals surface area contributed by atoms with Crippen LogP contribution in [0.2, 0.25) is 0 Å². The molecule has 2 aliphatic rings. The summed E-state index contributed by atoms with van der Waals surface area (Å²) in [6.07, 6.45) is 5.32. The number of likely N-dealkylation sites (N-methyl/N-ethyl adjacent to an activating group) is 1. The number of hydrogen-bond donors (Lipinski definition) is 1. The van der Waals surface area contributed by atoms with Crippen molar-refractivity contribution >= 4 is 0 Å². The van der Waals surface area contributed by atoms with E-state index in [1.54, 1.807) is 11.1 Å². The van der Waals surface area contributed by atoms with Gasteiger partial charge in [0.1, 0.15) is 0 Å². The van der Waals surface area contributed by atoms with Crippen LogP contribution in [0.3, 0.4) is 0 Å². The Bertz CT molecular complexity index is 439. The zero-order valence-corrected chi connectivity index (χ0v) is 12.9. The lowest BCUT2D eigenvalue weighted by atomic mass is 10.1. The highest BCUT2D eigenvalue weighted by molar-refractivity contribution is 5.37. The second-order valence-electron chi connectivity index (χ2n) is 6.43. The Morgan fingerprint density at radius 2 is 2.00 bits per heavy atom. The Morgan fingerprint density at radius 1 is 1.20 bits per heavy atom. The van der Waals surface area contributed by atoms with Crippen LogP contribution in [0.15, 0.2) is 24.3 Å². The Hall–Kier alpha value is -0.860. The SMILES string of the molecule is CCCNC1c2ccccc2CC1N(CC)CC1CC1. The number of hydrogen-bond acceptors (Lipinski definition) is 2. The van der Waals surface area contributed by atoms with Gasteiger partial charge in [-0.1, -0.05) is 38.1 Å². The van der Waals surface area contributed by atoms with Crippen molar-refractivity contribution in [1.29, 1.82) is 0 Å². The van der Waals surface area contributed by atoms with Crippen LogP contribution in [0.25, 0.3) is 0 Å². The van der Waals surface area contributed by atoms with Crippen LogP contribution >= 0.6 is 0 Å². The zero-order chi connectivity index (χ0) is 13.9. The fraction of sp³-hybridized carbons (Fsp3) is 0.667. The lowest BCUT2D eigenvalue weighted by Crippen LogP contribution is -2.44. The van der Waals surface area contributed by atoms with Gasteiger partial charge in [0, 0.05) is 18.6 Å². The summed E-state index contributed by atoms with van der Waals surface area (Å²) in [5.74, 6) is 0.977. The third-order valence-electron chi connectivity index (χ3n) is 4.88. The molecule has 2 nitrogen and oxygen atoms in total. The van der Waals surface area contributed by atoms with Crippen molar-refractivity contribution in [2.45, 2.75) is 51.6 Å². The molecular weight excluding hydrogens is 244 g/mol. The lowest BCUT2D eigenvalue weighted by Gasteiger charge is -2.33. The molecule has 0 saturated heterocycles. The van der Waals surface area contributed by atoms with E-state index >= 15 is 0 Å². The predicted octanol–water partition coefficient (Wildman–Crippen LogP) is 3.38. The van der Waals surface area contributed by atoms with Gasteiger partial charge in [-0.25, -0.2) is 0 Å². The predicted molar refractivity (Wildman–Crippen MR) is 84.9 cm³/mol. The summed E-state index contributed by atoms with van der Waals surface area (Å²) in [6.45, 7) is 8.18. The van der Waals surface area contributed by atoms with E-state index in [4.69, 9.17) is 0 Å². The summed E-state index contributed by atoms with van der Waals surface area (Å²) < 4.78 is 0. The molecule has 2 heteroatoms. The minimum atomic E-state index is 0.532.